The number of aromatic nitrogens is 1. The van der Waals surface area contributed by atoms with Gasteiger partial charge in [-0.25, -0.2) is 0 Å². The molecule has 1 unspecified atom stereocenters. The number of amidine groups is 1. The minimum Gasteiger partial charge on any atom is -0.387 e. The van der Waals surface area contributed by atoms with E-state index in [2.05, 4.69) is 10.1 Å². The lowest BCUT2D eigenvalue weighted by molar-refractivity contribution is 0.420. The Hall–Kier alpha value is -1.81. The van der Waals surface area contributed by atoms with Crippen LogP contribution in [0.5, 0.6) is 0 Å². The van der Waals surface area contributed by atoms with E-state index in [0.717, 1.165) is 48.3 Å². The molecule has 0 saturated heterocycles. The number of hydrogen-bond acceptors (Lipinski definition) is 4. The molecule has 2 aromatic rings. The molecule has 0 aliphatic carbocycles. The predicted octanol–water partition coefficient (Wildman–Crippen LogP) is 3.61. The van der Waals surface area contributed by atoms with Crippen LogP contribution in [0.1, 0.15) is 31.2 Å². The molecule has 0 saturated carbocycles. The second-order valence-corrected chi connectivity index (χ2v) is 5.28. The van der Waals surface area contributed by atoms with Crippen molar-refractivity contribution in [3.63, 3.8) is 0 Å². The zero-order valence-corrected chi connectivity index (χ0v) is 12.7. The van der Waals surface area contributed by atoms with Crippen molar-refractivity contribution in [3.8, 4) is 11.3 Å². The maximum atomic E-state index is 5.91. The third-order valence-electron chi connectivity index (χ3n) is 3.71. The zero-order valence-electron chi connectivity index (χ0n) is 11.9. The van der Waals surface area contributed by atoms with Crippen molar-refractivity contribution in [2.24, 2.45) is 10.7 Å². The number of hydrogen-bond donors (Lipinski definition) is 1. The second-order valence-electron chi connectivity index (χ2n) is 5.28. The van der Waals surface area contributed by atoms with Crippen molar-refractivity contribution in [2.75, 3.05) is 0 Å². The third kappa shape index (κ3) is 3.85. The summed E-state index contributed by atoms with van der Waals surface area (Å²) in [6.45, 7) is 0. The SMILES string of the molecule is Cl.NC1=NC(Cc2conc2-c2ccccc2)CCCC1. The van der Waals surface area contributed by atoms with Gasteiger partial charge < -0.3 is 10.3 Å². The Morgan fingerprint density at radius 3 is 2.81 bits per heavy atom. The van der Waals surface area contributed by atoms with Gasteiger partial charge in [-0.2, -0.15) is 0 Å². The van der Waals surface area contributed by atoms with Gasteiger partial charge in [-0.05, 0) is 12.8 Å². The van der Waals surface area contributed by atoms with Crippen LogP contribution in [0.2, 0.25) is 0 Å². The van der Waals surface area contributed by atoms with Gasteiger partial charge in [0.2, 0.25) is 0 Å². The average molecular weight is 306 g/mol. The van der Waals surface area contributed by atoms with E-state index in [9.17, 15) is 0 Å². The molecule has 3 rings (SSSR count). The molecule has 1 atom stereocenters. The molecular weight excluding hydrogens is 286 g/mol. The van der Waals surface area contributed by atoms with Crippen LogP contribution in [0.25, 0.3) is 11.3 Å². The first-order chi connectivity index (χ1) is 9.83. The van der Waals surface area contributed by atoms with Gasteiger partial charge >= 0.3 is 0 Å². The van der Waals surface area contributed by atoms with Crippen molar-refractivity contribution >= 4 is 18.2 Å². The first-order valence-electron chi connectivity index (χ1n) is 7.14. The van der Waals surface area contributed by atoms with Crippen LogP contribution in [0.3, 0.4) is 0 Å². The molecule has 0 radical (unpaired) electrons. The molecule has 1 aliphatic heterocycles. The van der Waals surface area contributed by atoms with Gasteiger partial charge in [-0.3, -0.25) is 4.99 Å². The van der Waals surface area contributed by atoms with Gasteiger partial charge in [-0.15, -0.1) is 12.4 Å². The highest BCUT2D eigenvalue weighted by Gasteiger charge is 2.17. The van der Waals surface area contributed by atoms with Gasteiger partial charge in [0.15, 0.2) is 0 Å². The van der Waals surface area contributed by atoms with E-state index in [1.807, 2.05) is 30.3 Å². The van der Waals surface area contributed by atoms with Gasteiger partial charge in [0.25, 0.3) is 0 Å². The number of nitrogens with zero attached hydrogens (tertiary/aromatic N) is 2. The van der Waals surface area contributed by atoms with Crippen LogP contribution in [-0.4, -0.2) is 17.0 Å². The highest BCUT2D eigenvalue weighted by molar-refractivity contribution is 5.85. The van der Waals surface area contributed by atoms with Crippen molar-refractivity contribution in [2.45, 2.75) is 38.1 Å². The number of rotatable bonds is 3. The first kappa shape index (κ1) is 15.6. The van der Waals surface area contributed by atoms with Crippen molar-refractivity contribution in [1.82, 2.24) is 5.16 Å². The van der Waals surface area contributed by atoms with Crippen molar-refractivity contribution < 1.29 is 4.52 Å². The molecule has 1 aromatic carbocycles. The molecule has 0 bridgehead atoms. The lowest BCUT2D eigenvalue weighted by Crippen LogP contribution is -2.15. The number of aliphatic imine (C=N–C) groups is 1. The number of benzene rings is 1. The van der Waals surface area contributed by atoms with E-state index >= 15 is 0 Å². The molecule has 4 nitrogen and oxygen atoms in total. The van der Waals surface area contributed by atoms with Gasteiger partial charge in [0, 0.05) is 24.0 Å². The summed E-state index contributed by atoms with van der Waals surface area (Å²) >= 11 is 0. The standard InChI is InChI=1S/C16H19N3O.ClH/c17-15-9-5-4-8-14(18-15)10-13-11-20-19-16(13)12-6-2-1-3-7-12;/h1-3,6-7,11,14H,4-5,8-10H2,(H2,17,18);1H. The van der Waals surface area contributed by atoms with Gasteiger partial charge in [0.1, 0.15) is 12.0 Å². The highest BCUT2D eigenvalue weighted by Crippen LogP contribution is 2.25. The first-order valence-corrected chi connectivity index (χ1v) is 7.14. The Kier molecular flexibility index (Phi) is 5.39. The van der Waals surface area contributed by atoms with Gasteiger partial charge in [0.05, 0.1) is 11.9 Å². The topological polar surface area (TPSA) is 64.4 Å². The predicted molar refractivity (Wildman–Crippen MR) is 86.8 cm³/mol. The normalized spacial score (nSPS) is 18.5. The summed E-state index contributed by atoms with van der Waals surface area (Å²) in [6.07, 6.45) is 6.90. The van der Waals surface area contributed by atoms with Crippen molar-refractivity contribution in [3.05, 3.63) is 42.2 Å². The van der Waals surface area contributed by atoms with Gasteiger partial charge in [-0.1, -0.05) is 41.9 Å². The molecule has 5 heteroatoms. The summed E-state index contributed by atoms with van der Waals surface area (Å²) in [6, 6.07) is 10.4. The maximum absolute atomic E-state index is 5.91. The van der Waals surface area contributed by atoms with Crippen LogP contribution in [0.15, 0.2) is 46.1 Å². The third-order valence-corrected chi connectivity index (χ3v) is 3.71. The van der Waals surface area contributed by atoms with E-state index in [0.29, 0.717) is 0 Å². The number of nitrogens with two attached hydrogens (primary N) is 1. The summed E-state index contributed by atoms with van der Waals surface area (Å²) < 4.78 is 5.17. The van der Waals surface area contributed by atoms with Crippen LogP contribution >= 0.6 is 12.4 Å². The minimum absolute atomic E-state index is 0. The number of halogens is 1. The lowest BCUT2D eigenvalue weighted by atomic mass is 10.00. The molecule has 112 valence electrons. The summed E-state index contributed by atoms with van der Waals surface area (Å²) in [5.41, 5.74) is 9.03. The van der Waals surface area contributed by atoms with E-state index in [-0.39, 0.29) is 18.4 Å². The fourth-order valence-corrected chi connectivity index (χ4v) is 2.69. The van der Waals surface area contributed by atoms with Crippen LogP contribution in [-0.2, 0) is 6.42 Å². The Morgan fingerprint density at radius 2 is 2.00 bits per heavy atom. The maximum Gasteiger partial charge on any atom is 0.127 e. The molecule has 2 heterocycles. The molecule has 1 aromatic heterocycles. The molecule has 1 aliphatic rings. The summed E-state index contributed by atoms with van der Waals surface area (Å²) in [5.74, 6) is 0.783. The quantitative estimate of drug-likeness (QED) is 0.942. The smallest absolute Gasteiger partial charge is 0.127 e. The summed E-state index contributed by atoms with van der Waals surface area (Å²) in [4.78, 5) is 4.61. The largest absolute Gasteiger partial charge is 0.387 e. The Balaban J connectivity index is 0.00000161. The van der Waals surface area contributed by atoms with Crippen molar-refractivity contribution in [1.29, 1.82) is 0 Å². The van der Waals surface area contributed by atoms with E-state index in [1.165, 1.54) is 6.42 Å². The molecule has 0 fully saturated rings. The van der Waals surface area contributed by atoms with E-state index < -0.39 is 0 Å². The van der Waals surface area contributed by atoms with Crippen LogP contribution in [0, 0.1) is 0 Å². The molecule has 21 heavy (non-hydrogen) atoms. The Bertz CT molecular complexity index is 595. The monoisotopic (exact) mass is 305 g/mol. The Morgan fingerprint density at radius 1 is 1.19 bits per heavy atom. The zero-order chi connectivity index (χ0) is 13.8. The fourth-order valence-electron chi connectivity index (χ4n) is 2.69. The molecule has 0 amide bonds. The second kappa shape index (κ2) is 7.27. The summed E-state index contributed by atoms with van der Waals surface area (Å²) in [7, 11) is 0. The average Bonchev–Trinajstić information content (AvgIpc) is 2.82. The molecule has 0 spiro atoms. The fraction of sp³-hybridized carbons (Fsp3) is 0.375. The lowest BCUT2D eigenvalue weighted by Gasteiger charge is -2.10. The van der Waals surface area contributed by atoms with Crippen LogP contribution in [0.4, 0.5) is 0 Å². The van der Waals surface area contributed by atoms with E-state index in [4.69, 9.17) is 10.3 Å². The minimum atomic E-state index is 0. The highest BCUT2D eigenvalue weighted by atomic mass is 35.5. The summed E-state index contributed by atoms with van der Waals surface area (Å²) in [5, 5.41) is 4.14. The Labute approximate surface area is 130 Å². The van der Waals surface area contributed by atoms with E-state index in [1.54, 1.807) is 6.26 Å². The van der Waals surface area contributed by atoms with Crippen LogP contribution < -0.4 is 5.73 Å². The molecule has 2 N–H and O–H groups in total. The molecular formula is C16H20ClN3O.